The summed E-state index contributed by atoms with van der Waals surface area (Å²) in [4.78, 5) is 6.52. The van der Waals surface area contributed by atoms with E-state index in [0.29, 0.717) is 18.5 Å². The first-order valence-electron chi connectivity index (χ1n) is 6.70. The van der Waals surface area contributed by atoms with Crippen molar-refractivity contribution in [3.05, 3.63) is 11.3 Å². The highest BCUT2D eigenvalue weighted by Crippen LogP contribution is 2.26. The topological polar surface area (TPSA) is 68.7 Å². The van der Waals surface area contributed by atoms with E-state index in [4.69, 9.17) is 10.5 Å². The van der Waals surface area contributed by atoms with Crippen LogP contribution in [0.2, 0.25) is 0 Å². The molecule has 0 saturated heterocycles. The molecule has 1 aliphatic rings. The van der Waals surface area contributed by atoms with Crippen LogP contribution in [-0.4, -0.2) is 40.8 Å². The molecule has 1 heterocycles. The summed E-state index contributed by atoms with van der Waals surface area (Å²) in [6, 6.07) is 0.574. The number of hydrogen-bond donors (Lipinski definition) is 1. The van der Waals surface area contributed by atoms with E-state index in [1.807, 2.05) is 14.1 Å². The molecule has 1 fully saturated rings. The Kier molecular flexibility index (Phi) is 6.09. The second-order valence-electron chi connectivity index (χ2n) is 4.93. The van der Waals surface area contributed by atoms with Gasteiger partial charge < -0.3 is 15.4 Å². The Morgan fingerprint density at radius 3 is 2.70 bits per heavy atom. The summed E-state index contributed by atoms with van der Waals surface area (Å²) >= 11 is 0. The SMILES string of the molecule is CCc1nn(C)c(OC)c1CN=C(N)N(C)C1CC1.I. The van der Waals surface area contributed by atoms with Crippen LogP contribution < -0.4 is 10.5 Å². The zero-order valence-corrected chi connectivity index (χ0v) is 14.9. The Morgan fingerprint density at radius 1 is 1.55 bits per heavy atom. The average Bonchev–Trinajstić information content (AvgIpc) is 3.19. The molecule has 6 nitrogen and oxygen atoms in total. The predicted octanol–water partition coefficient (Wildman–Crippen LogP) is 1.52. The lowest BCUT2D eigenvalue weighted by atomic mass is 10.2. The van der Waals surface area contributed by atoms with Crippen LogP contribution in [-0.2, 0) is 20.0 Å². The molecule has 0 aliphatic heterocycles. The summed E-state index contributed by atoms with van der Waals surface area (Å²) in [5.74, 6) is 1.36. The van der Waals surface area contributed by atoms with Gasteiger partial charge in [-0.2, -0.15) is 5.10 Å². The van der Waals surface area contributed by atoms with Crippen LogP contribution >= 0.6 is 24.0 Å². The van der Waals surface area contributed by atoms with Crippen molar-refractivity contribution in [3.63, 3.8) is 0 Å². The standard InChI is InChI=1S/C13H23N5O.HI/c1-5-11-10(12(19-4)18(3)16-11)8-15-13(14)17(2)9-6-7-9;/h9H,5-8H2,1-4H3,(H2,14,15);1H. The minimum atomic E-state index is 0. The number of guanidine groups is 1. The second-order valence-corrected chi connectivity index (χ2v) is 4.93. The smallest absolute Gasteiger partial charge is 0.216 e. The molecule has 1 aliphatic carbocycles. The van der Waals surface area contributed by atoms with Crippen LogP contribution in [0.25, 0.3) is 0 Å². The normalized spacial score (nSPS) is 14.9. The van der Waals surface area contributed by atoms with Crippen LogP contribution in [0.15, 0.2) is 4.99 Å². The molecule has 0 atom stereocenters. The van der Waals surface area contributed by atoms with Gasteiger partial charge in [0, 0.05) is 20.1 Å². The van der Waals surface area contributed by atoms with E-state index in [1.54, 1.807) is 11.8 Å². The first-order chi connectivity index (χ1) is 9.08. The molecule has 0 aromatic carbocycles. The molecule has 0 unspecified atom stereocenters. The zero-order chi connectivity index (χ0) is 14.0. The molecule has 2 N–H and O–H groups in total. The summed E-state index contributed by atoms with van der Waals surface area (Å²) in [6.45, 7) is 2.59. The Labute approximate surface area is 137 Å². The van der Waals surface area contributed by atoms with Gasteiger partial charge in [-0.3, -0.25) is 0 Å². The molecule has 1 aromatic heterocycles. The van der Waals surface area contributed by atoms with Gasteiger partial charge in [0.2, 0.25) is 5.88 Å². The van der Waals surface area contributed by atoms with Gasteiger partial charge in [0.05, 0.1) is 24.9 Å². The lowest BCUT2D eigenvalue weighted by Gasteiger charge is -2.16. The summed E-state index contributed by atoms with van der Waals surface area (Å²) in [5, 5.41) is 4.44. The fourth-order valence-corrected chi connectivity index (χ4v) is 2.22. The van der Waals surface area contributed by atoms with Gasteiger partial charge in [0.25, 0.3) is 0 Å². The van der Waals surface area contributed by atoms with Crippen molar-refractivity contribution in [1.29, 1.82) is 0 Å². The third-order valence-corrected chi connectivity index (χ3v) is 3.55. The maximum Gasteiger partial charge on any atom is 0.216 e. The molecule has 0 spiro atoms. The van der Waals surface area contributed by atoms with E-state index in [9.17, 15) is 0 Å². The fourth-order valence-electron chi connectivity index (χ4n) is 2.22. The average molecular weight is 393 g/mol. The van der Waals surface area contributed by atoms with Gasteiger partial charge in [-0.15, -0.1) is 24.0 Å². The van der Waals surface area contributed by atoms with Crippen LogP contribution in [0.5, 0.6) is 5.88 Å². The van der Waals surface area contributed by atoms with Crippen molar-refractivity contribution in [2.45, 2.75) is 38.8 Å². The third-order valence-electron chi connectivity index (χ3n) is 3.55. The number of rotatable bonds is 5. The molecular weight excluding hydrogens is 369 g/mol. The highest BCUT2D eigenvalue weighted by Gasteiger charge is 2.27. The molecule has 1 aromatic rings. The van der Waals surface area contributed by atoms with Gasteiger partial charge in [-0.1, -0.05) is 6.92 Å². The Morgan fingerprint density at radius 2 is 2.20 bits per heavy atom. The predicted molar refractivity (Wildman–Crippen MR) is 90.7 cm³/mol. The van der Waals surface area contributed by atoms with Crippen molar-refractivity contribution in [3.8, 4) is 5.88 Å². The van der Waals surface area contributed by atoms with Crippen molar-refractivity contribution in [2.24, 2.45) is 17.8 Å². The van der Waals surface area contributed by atoms with Crippen molar-refractivity contribution in [1.82, 2.24) is 14.7 Å². The second kappa shape index (κ2) is 7.14. The van der Waals surface area contributed by atoms with Gasteiger partial charge in [0.1, 0.15) is 0 Å². The van der Waals surface area contributed by atoms with E-state index in [-0.39, 0.29) is 24.0 Å². The van der Waals surface area contributed by atoms with Gasteiger partial charge in [-0.25, -0.2) is 9.67 Å². The van der Waals surface area contributed by atoms with Crippen molar-refractivity contribution in [2.75, 3.05) is 14.2 Å². The molecule has 0 bridgehead atoms. The highest BCUT2D eigenvalue weighted by atomic mass is 127. The Hall–Kier alpha value is -0.990. The van der Waals surface area contributed by atoms with E-state index in [1.165, 1.54) is 12.8 Å². The summed E-state index contributed by atoms with van der Waals surface area (Å²) in [7, 11) is 5.53. The van der Waals surface area contributed by atoms with Crippen molar-refractivity contribution >= 4 is 29.9 Å². The molecular formula is C13H24IN5O. The van der Waals surface area contributed by atoms with Crippen molar-refractivity contribution < 1.29 is 4.74 Å². The lowest BCUT2D eigenvalue weighted by molar-refractivity contribution is 0.369. The van der Waals surface area contributed by atoms with Crippen LogP contribution in [0.1, 0.15) is 31.0 Å². The lowest BCUT2D eigenvalue weighted by Crippen LogP contribution is -2.35. The largest absolute Gasteiger partial charge is 0.481 e. The number of nitrogens with two attached hydrogens (primary N) is 1. The number of methoxy groups -OCH3 is 1. The van der Waals surface area contributed by atoms with E-state index < -0.39 is 0 Å². The number of halogens is 1. The molecule has 2 rings (SSSR count). The molecule has 0 amide bonds. The van der Waals surface area contributed by atoms with Gasteiger partial charge in [-0.05, 0) is 19.3 Å². The molecule has 20 heavy (non-hydrogen) atoms. The monoisotopic (exact) mass is 393 g/mol. The number of aliphatic imine (C=N–C) groups is 1. The number of aryl methyl sites for hydroxylation is 2. The minimum Gasteiger partial charge on any atom is -0.481 e. The first-order valence-corrected chi connectivity index (χ1v) is 6.70. The number of ether oxygens (including phenoxy) is 1. The molecule has 0 radical (unpaired) electrons. The molecule has 114 valence electrons. The van der Waals surface area contributed by atoms with Gasteiger partial charge in [0.15, 0.2) is 5.96 Å². The molecule has 1 saturated carbocycles. The minimum absolute atomic E-state index is 0. The van der Waals surface area contributed by atoms with E-state index >= 15 is 0 Å². The van der Waals surface area contributed by atoms with E-state index in [0.717, 1.165) is 23.6 Å². The summed E-state index contributed by atoms with van der Waals surface area (Å²) in [6.07, 6.45) is 3.28. The first kappa shape index (κ1) is 17.1. The van der Waals surface area contributed by atoms with Crippen LogP contribution in [0, 0.1) is 0 Å². The third kappa shape index (κ3) is 3.56. The number of aromatic nitrogens is 2. The maximum atomic E-state index is 6.00. The number of hydrogen-bond acceptors (Lipinski definition) is 3. The Balaban J connectivity index is 0.00000200. The fraction of sp³-hybridized carbons (Fsp3) is 0.692. The highest BCUT2D eigenvalue weighted by molar-refractivity contribution is 14.0. The van der Waals surface area contributed by atoms with Crippen LogP contribution in [0.3, 0.4) is 0 Å². The summed E-state index contributed by atoms with van der Waals surface area (Å²) in [5.41, 5.74) is 8.05. The van der Waals surface area contributed by atoms with Gasteiger partial charge >= 0.3 is 0 Å². The number of nitrogens with zero attached hydrogens (tertiary/aromatic N) is 4. The summed E-state index contributed by atoms with van der Waals surface area (Å²) < 4.78 is 7.14. The molecule has 7 heteroatoms. The van der Waals surface area contributed by atoms with Crippen LogP contribution in [0.4, 0.5) is 0 Å². The Bertz CT molecular complexity index is 481. The quantitative estimate of drug-likeness (QED) is 0.468. The van der Waals surface area contributed by atoms with E-state index in [2.05, 4.69) is 21.9 Å². The zero-order valence-electron chi connectivity index (χ0n) is 12.6. The maximum absolute atomic E-state index is 6.00.